The normalized spacial score (nSPS) is 13.6. The number of aromatic nitrogens is 1. The molecule has 0 bridgehead atoms. The van der Waals surface area contributed by atoms with Gasteiger partial charge in [-0.05, 0) is 32.5 Å². The predicted molar refractivity (Wildman–Crippen MR) is 79.0 cm³/mol. The van der Waals surface area contributed by atoms with Gasteiger partial charge in [-0.2, -0.15) is 0 Å². The van der Waals surface area contributed by atoms with E-state index in [2.05, 4.69) is 53.8 Å². The Hall–Kier alpha value is -0.710. The summed E-state index contributed by atoms with van der Waals surface area (Å²) in [6.45, 7) is 6.53. The number of rotatable bonds is 2. The number of benzene rings is 1. The molecule has 18 heavy (non-hydrogen) atoms. The van der Waals surface area contributed by atoms with Crippen LogP contribution >= 0.6 is 27.3 Å². The fourth-order valence-corrected chi connectivity index (χ4v) is 2.98. The first kappa shape index (κ1) is 13.7. The van der Waals surface area contributed by atoms with Crippen molar-refractivity contribution < 1.29 is 5.11 Å². The minimum absolute atomic E-state index is 0.133. The van der Waals surface area contributed by atoms with Crippen LogP contribution in [0.25, 0.3) is 0 Å². The SMILES string of the molecule is CC(C)(C)c1ccc(C(O)c2nc(Br)cs2)cc1. The Morgan fingerprint density at radius 2 is 1.83 bits per heavy atom. The maximum atomic E-state index is 10.2. The Kier molecular flexibility index (Phi) is 3.90. The lowest BCUT2D eigenvalue weighted by molar-refractivity contribution is 0.219. The van der Waals surface area contributed by atoms with Crippen LogP contribution < -0.4 is 0 Å². The molecule has 0 aliphatic rings. The average Bonchev–Trinajstić information content (AvgIpc) is 2.74. The third kappa shape index (κ3) is 2.99. The van der Waals surface area contributed by atoms with E-state index >= 15 is 0 Å². The van der Waals surface area contributed by atoms with Crippen LogP contribution in [0.5, 0.6) is 0 Å². The number of hydrogen-bond donors (Lipinski definition) is 1. The summed E-state index contributed by atoms with van der Waals surface area (Å²) in [6.07, 6.45) is -0.643. The molecule has 1 aromatic heterocycles. The zero-order valence-electron chi connectivity index (χ0n) is 10.6. The van der Waals surface area contributed by atoms with Crippen molar-refractivity contribution in [3.8, 4) is 0 Å². The van der Waals surface area contributed by atoms with Crippen LogP contribution in [0.4, 0.5) is 0 Å². The number of aliphatic hydroxyl groups excluding tert-OH is 1. The van der Waals surface area contributed by atoms with Crippen molar-refractivity contribution >= 4 is 27.3 Å². The Morgan fingerprint density at radius 1 is 1.22 bits per heavy atom. The van der Waals surface area contributed by atoms with Crippen LogP contribution in [0, 0.1) is 0 Å². The molecule has 2 rings (SSSR count). The lowest BCUT2D eigenvalue weighted by Gasteiger charge is -2.19. The third-order valence-corrected chi connectivity index (χ3v) is 4.43. The zero-order valence-corrected chi connectivity index (χ0v) is 13.0. The number of hydrogen-bond acceptors (Lipinski definition) is 3. The van der Waals surface area contributed by atoms with Crippen LogP contribution in [0.3, 0.4) is 0 Å². The highest BCUT2D eigenvalue weighted by molar-refractivity contribution is 9.10. The highest BCUT2D eigenvalue weighted by Gasteiger charge is 2.17. The van der Waals surface area contributed by atoms with E-state index in [9.17, 15) is 5.11 Å². The van der Waals surface area contributed by atoms with Gasteiger partial charge in [0, 0.05) is 5.38 Å². The molecular weight excluding hydrogens is 310 g/mol. The summed E-state index contributed by atoms with van der Waals surface area (Å²) in [5.41, 5.74) is 2.27. The fourth-order valence-electron chi connectivity index (χ4n) is 1.70. The van der Waals surface area contributed by atoms with Crippen molar-refractivity contribution in [1.82, 2.24) is 4.98 Å². The lowest BCUT2D eigenvalue weighted by Crippen LogP contribution is -2.11. The molecule has 1 aromatic carbocycles. The van der Waals surface area contributed by atoms with E-state index in [-0.39, 0.29) is 5.41 Å². The second-order valence-electron chi connectivity index (χ2n) is 5.28. The highest BCUT2D eigenvalue weighted by atomic mass is 79.9. The van der Waals surface area contributed by atoms with Gasteiger partial charge in [0.2, 0.25) is 0 Å². The van der Waals surface area contributed by atoms with Gasteiger partial charge in [0.15, 0.2) is 0 Å². The molecule has 0 amide bonds. The quantitative estimate of drug-likeness (QED) is 0.893. The van der Waals surface area contributed by atoms with Crippen LogP contribution in [0.15, 0.2) is 34.2 Å². The molecule has 96 valence electrons. The number of halogens is 1. The molecule has 0 radical (unpaired) electrons. The van der Waals surface area contributed by atoms with E-state index in [0.717, 1.165) is 10.2 Å². The topological polar surface area (TPSA) is 33.1 Å². The fraction of sp³-hybridized carbons (Fsp3) is 0.357. The number of thiazole rings is 1. The molecule has 0 aliphatic heterocycles. The molecule has 2 aromatic rings. The van der Waals surface area contributed by atoms with E-state index < -0.39 is 6.10 Å². The van der Waals surface area contributed by atoms with E-state index in [0.29, 0.717) is 5.01 Å². The number of nitrogens with zero attached hydrogens (tertiary/aromatic N) is 1. The molecule has 0 saturated heterocycles. The van der Waals surface area contributed by atoms with E-state index in [1.165, 1.54) is 16.9 Å². The first-order chi connectivity index (χ1) is 8.38. The Balaban J connectivity index is 2.24. The average molecular weight is 326 g/mol. The van der Waals surface area contributed by atoms with Gasteiger partial charge in [0.25, 0.3) is 0 Å². The standard InChI is InChI=1S/C14H16BrNOS/c1-14(2,3)10-6-4-9(5-7-10)12(17)13-16-11(15)8-18-13/h4-8,12,17H,1-3H3. The van der Waals surface area contributed by atoms with Gasteiger partial charge in [0.1, 0.15) is 15.7 Å². The second-order valence-corrected chi connectivity index (χ2v) is 6.99. The van der Waals surface area contributed by atoms with Crippen molar-refractivity contribution in [2.24, 2.45) is 0 Å². The molecule has 0 aliphatic carbocycles. The van der Waals surface area contributed by atoms with Gasteiger partial charge < -0.3 is 5.11 Å². The van der Waals surface area contributed by atoms with Gasteiger partial charge >= 0.3 is 0 Å². The minimum Gasteiger partial charge on any atom is -0.381 e. The zero-order chi connectivity index (χ0) is 13.3. The van der Waals surface area contributed by atoms with Crippen molar-refractivity contribution in [3.63, 3.8) is 0 Å². The van der Waals surface area contributed by atoms with E-state index in [4.69, 9.17) is 0 Å². The Labute approximate surface area is 120 Å². The first-order valence-electron chi connectivity index (χ1n) is 5.77. The monoisotopic (exact) mass is 325 g/mol. The molecule has 0 saturated carbocycles. The smallest absolute Gasteiger partial charge is 0.131 e. The van der Waals surface area contributed by atoms with Crippen molar-refractivity contribution in [2.75, 3.05) is 0 Å². The molecular formula is C14H16BrNOS. The van der Waals surface area contributed by atoms with Gasteiger partial charge in [-0.1, -0.05) is 45.0 Å². The summed E-state index contributed by atoms with van der Waals surface area (Å²) in [6, 6.07) is 8.09. The summed E-state index contributed by atoms with van der Waals surface area (Å²) in [7, 11) is 0. The van der Waals surface area contributed by atoms with Gasteiger partial charge in [-0.3, -0.25) is 0 Å². The maximum absolute atomic E-state index is 10.2. The van der Waals surface area contributed by atoms with Crippen molar-refractivity contribution in [3.05, 3.63) is 50.4 Å². The number of aliphatic hydroxyl groups is 1. The van der Waals surface area contributed by atoms with Crippen LogP contribution in [0.2, 0.25) is 0 Å². The largest absolute Gasteiger partial charge is 0.381 e. The van der Waals surface area contributed by atoms with Crippen molar-refractivity contribution in [1.29, 1.82) is 0 Å². The molecule has 0 spiro atoms. The van der Waals surface area contributed by atoms with Crippen LogP contribution in [-0.2, 0) is 5.41 Å². The molecule has 2 nitrogen and oxygen atoms in total. The minimum atomic E-state index is -0.643. The highest BCUT2D eigenvalue weighted by Crippen LogP contribution is 2.29. The summed E-state index contributed by atoms with van der Waals surface area (Å²) < 4.78 is 0.771. The van der Waals surface area contributed by atoms with Crippen LogP contribution in [0.1, 0.15) is 43.0 Å². The molecule has 1 N–H and O–H groups in total. The van der Waals surface area contributed by atoms with Crippen molar-refractivity contribution in [2.45, 2.75) is 32.3 Å². The summed E-state index contributed by atoms with van der Waals surface area (Å²) in [5, 5.41) is 12.8. The van der Waals surface area contributed by atoms with Crippen LogP contribution in [-0.4, -0.2) is 10.1 Å². The predicted octanol–water partition coefficient (Wildman–Crippen LogP) is 4.28. The molecule has 1 atom stereocenters. The summed E-state index contributed by atoms with van der Waals surface area (Å²) >= 11 is 4.75. The lowest BCUT2D eigenvalue weighted by atomic mass is 9.86. The first-order valence-corrected chi connectivity index (χ1v) is 7.44. The van der Waals surface area contributed by atoms with E-state index in [1.54, 1.807) is 0 Å². The van der Waals surface area contributed by atoms with E-state index in [1.807, 2.05) is 17.5 Å². The van der Waals surface area contributed by atoms with Gasteiger partial charge in [0.05, 0.1) is 0 Å². The Morgan fingerprint density at radius 3 is 2.28 bits per heavy atom. The molecule has 1 heterocycles. The summed E-state index contributed by atoms with van der Waals surface area (Å²) in [5.74, 6) is 0. The second kappa shape index (κ2) is 5.11. The molecule has 4 heteroatoms. The van der Waals surface area contributed by atoms with Gasteiger partial charge in [-0.15, -0.1) is 11.3 Å². The molecule has 1 unspecified atom stereocenters. The Bertz CT molecular complexity index is 527. The summed E-state index contributed by atoms with van der Waals surface area (Å²) in [4.78, 5) is 4.24. The third-order valence-electron chi connectivity index (χ3n) is 2.82. The van der Waals surface area contributed by atoms with Gasteiger partial charge in [-0.25, -0.2) is 4.98 Å². The molecule has 0 fully saturated rings. The maximum Gasteiger partial charge on any atom is 0.131 e.